The second kappa shape index (κ2) is 9.69. The maximum Gasteiger partial charge on any atom is 0.262 e. The molecule has 168 valence electrons. The van der Waals surface area contributed by atoms with Gasteiger partial charge >= 0.3 is 0 Å². The summed E-state index contributed by atoms with van der Waals surface area (Å²) < 4.78 is 11.7. The number of anilines is 1. The zero-order valence-corrected chi connectivity index (χ0v) is 19.5. The minimum absolute atomic E-state index is 0.0840. The first kappa shape index (κ1) is 22.9. The van der Waals surface area contributed by atoms with Gasteiger partial charge in [0.05, 0.1) is 10.4 Å². The van der Waals surface area contributed by atoms with Gasteiger partial charge in [-0.3, -0.25) is 9.59 Å². The van der Waals surface area contributed by atoms with E-state index in [1.165, 1.54) is 12.1 Å². The minimum Gasteiger partial charge on any atom is -0.476 e. The molecular weight excluding hydrogens is 461 g/mol. The Kier molecular flexibility index (Phi) is 6.72. The summed E-state index contributed by atoms with van der Waals surface area (Å²) in [6, 6.07) is 19.5. The van der Waals surface area contributed by atoms with Crippen molar-refractivity contribution >= 4 is 45.8 Å². The zero-order chi connectivity index (χ0) is 23.5. The number of hydrogen-bond acceptors (Lipinski definition) is 4. The molecule has 1 N–H and O–H groups in total. The minimum atomic E-state index is -0.463. The molecule has 4 rings (SSSR count). The van der Waals surface area contributed by atoms with Crippen molar-refractivity contribution in [3.05, 3.63) is 92.6 Å². The molecule has 33 heavy (non-hydrogen) atoms. The van der Waals surface area contributed by atoms with Crippen molar-refractivity contribution in [2.24, 2.45) is 0 Å². The number of ether oxygens (including phenoxy) is 1. The summed E-state index contributed by atoms with van der Waals surface area (Å²) in [5.41, 5.74) is 2.06. The first-order valence-electron chi connectivity index (χ1n) is 10.4. The Balaban J connectivity index is 1.70. The SMILES string of the molecule is CC(C)c1ccccc1NC(=O)COc1c(-c2ccccc2)oc2c(Cl)cc(Cl)cc2c1=O. The molecule has 1 aromatic heterocycles. The third-order valence-electron chi connectivity index (χ3n) is 5.11. The smallest absolute Gasteiger partial charge is 0.262 e. The molecule has 0 aliphatic rings. The highest BCUT2D eigenvalue weighted by Crippen LogP contribution is 2.35. The van der Waals surface area contributed by atoms with Crippen LogP contribution in [0.25, 0.3) is 22.3 Å². The van der Waals surface area contributed by atoms with Crippen molar-refractivity contribution in [3.8, 4) is 17.1 Å². The summed E-state index contributed by atoms with van der Waals surface area (Å²) in [7, 11) is 0. The van der Waals surface area contributed by atoms with E-state index in [2.05, 4.69) is 5.32 Å². The number of rotatable bonds is 6. The maximum absolute atomic E-state index is 13.3. The van der Waals surface area contributed by atoms with E-state index < -0.39 is 11.3 Å². The third-order valence-corrected chi connectivity index (χ3v) is 5.61. The standard InChI is InChI=1S/C26H21Cl2NO4/c1-15(2)18-10-6-7-11-21(18)29-22(30)14-32-26-23(31)19-12-17(27)13-20(28)25(19)33-24(26)16-8-4-3-5-9-16/h3-13,15H,14H2,1-2H3,(H,29,30). The molecule has 0 saturated heterocycles. The molecule has 3 aromatic carbocycles. The first-order valence-corrected chi connectivity index (χ1v) is 11.1. The molecule has 0 unspecified atom stereocenters. The topological polar surface area (TPSA) is 68.5 Å². The summed E-state index contributed by atoms with van der Waals surface area (Å²) >= 11 is 12.4. The van der Waals surface area contributed by atoms with Crippen LogP contribution in [0.4, 0.5) is 5.69 Å². The second-order valence-corrected chi connectivity index (χ2v) is 8.64. The number of carbonyl (C=O) groups is 1. The van der Waals surface area contributed by atoms with Gasteiger partial charge in [-0.2, -0.15) is 0 Å². The van der Waals surface area contributed by atoms with Crippen molar-refractivity contribution in [2.45, 2.75) is 19.8 Å². The number of para-hydroxylation sites is 1. The van der Waals surface area contributed by atoms with E-state index >= 15 is 0 Å². The van der Waals surface area contributed by atoms with E-state index in [1.807, 2.05) is 56.3 Å². The predicted molar refractivity (Wildman–Crippen MR) is 133 cm³/mol. The van der Waals surface area contributed by atoms with Crippen LogP contribution >= 0.6 is 23.2 Å². The Morgan fingerprint density at radius 1 is 1.03 bits per heavy atom. The van der Waals surface area contributed by atoms with E-state index in [1.54, 1.807) is 12.1 Å². The molecule has 0 aliphatic heterocycles. The van der Waals surface area contributed by atoms with Gasteiger partial charge in [-0.1, -0.05) is 85.6 Å². The number of fused-ring (bicyclic) bond motifs is 1. The van der Waals surface area contributed by atoms with E-state index in [9.17, 15) is 9.59 Å². The molecule has 0 fully saturated rings. The lowest BCUT2D eigenvalue weighted by molar-refractivity contribution is -0.118. The zero-order valence-electron chi connectivity index (χ0n) is 18.0. The van der Waals surface area contributed by atoms with Gasteiger partial charge in [-0.15, -0.1) is 0 Å². The fraction of sp³-hybridized carbons (Fsp3) is 0.154. The summed E-state index contributed by atoms with van der Waals surface area (Å²) in [6.45, 7) is 3.71. The van der Waals surface area contributed by atoms with Gasteiger partial charge in [0.1, 0.15) is 0 Å². The lowest BCUT2D eigenvalue weighted by atomic mass is 10.0. The average Bonchev–Trinajstić information content (AvgIpc) is 2.79. The molecule has 7 heteroatoms. The van der Waals surface area contributed by atoms with Gasteiger partial charge in [0.25, 0.3) is 5.91 Å². The number of benzene rings is 3. The number of halogens is 2. The van der Waals surface area contributed by atoms with Crippen molar-refractivity contribution in [1.29, 1.82) is 0 Å². The van der Waals surface area contributed by atoms with Crippen LogP contribution in [-0.2, 0) is 4.79 Å². The molecule has 0 saturated carbocycles. The van der Waals surface area contributed by atoms with Crippen LogP contribution in [0.3, 0.4) is 0 Å². The monoisotopic (exact) mass is 481 g/mol. The van der Waals surface area contributed by atoms with Crippen LogP contribution in [-0.4, -0.2) is 12.5 Å². The maximum atomic E-state index is 13.3. The molecule has 0 spiro atoms. The molecule has 0 aliphatic carbocycles. The molecule has 0 radical (unpaired) electrons. The highest BCUT2D eigenvalue weighted by atomic mass is 35.5. The fourth-order valence-corrected chi connectivity index (χ4v) is 4.09. The van der Waals surface area contributed by atoms with Crippen LogP contribution in [0.2, 0.25) is 10.0 Å². The summed E-state index contributed by atoms with van der Waals surface area (Å²) in [5.74, 6) is -0.0631. The first-order chi connectivity index (χ1) is 15.8. The van der Waals surface area contributed by atoms with Crippen molar-refractivity contribution in [2.75, 3.05) is 11.9 Å². The quantitative estimate of drug-likeness (QED) is 0.324. The van der Waals surface area contributed by atoms with Crippen molar-refractivity contribution in [1.82, 2.24) is 0 Å². The van der Waals surface area contributed by atoms with E-state index in [4.69, 9.17) is 32.4 Å². The van der Waals surface area contributed by atoms with E-state index in [0.717, 1.165) is 5.56 Å². The van der Waals surface area contributed by atoms with Crippen molar-refractivity contribution in [3.63, 3.8) is 0 Å². The fourth-order valence-electron chi connectivity index (χ4n) is 3.56. The third kappa shape index (κ3) is 4.90. The Bertz CT molecular complexity index is 1380. The molecule has 1 heterocycles. The molecule has 0 atom stereocenters. The predicted octanol–water partition coefficient (Wildman–Crippen LogP) is 6.91. The highest BCUT2D eigenvalue weighted by molar-refractivity contribution is 6.38. The Labute approximate surface area is 200 Å². The van der Waals surface area contributed by atoms with Crippen LogP contribution < -0.4 is 15.5 Å². The number of amides is 1. The highest BCUT2D eigenvalue weighted by Gasteiger charge is 2.21. The normalized spacial score (nSPS) is 11.1. The molecule has 1 amide bonds. The number of hydrogen-bond donors (Lipinski definition) is 1. The lowest BCUT2D eigenvalue weighted by Crippen LogP contribution is -2.23. The van der Waals surface area contributed by atoms with E-state index in [-0.39, 0.29) is 40.0 Å². The molecular formula is C26H21Cl2NO4. The van der Waals surface area contributed by atoms with Gasteiger partial charge in [-0.05, 0) is 29.7 Å². The van der Waals surface area contributed by atoms with Crippen LogP contribution in [0.15, 0.2) is 75.9 Å². The van der Waals surface area contributed by atoms with Crippen LogP contribution in [0.5, 0.6) is 5.75 Å². The van der Waals surface area contributed by atoms with Gasteiger partial charge in [0, 0.05) is 16.3 Å². The van der Waals surface area contributed by atoms with Gasteiger partial charge in [-0.25, -0.2) is 0 Å². The molecule has 0 bridgehead atoms. The average molecular weight is 482 g/mol. The Hall–Kier alpha value is -3.28. The Morgan fingerprint density at radius 3 is 2.45 bits per heavy atom. The second-order valence-electron chi connectivity index (χ2n) is 7.80. The Morgan fingerprint density at radius 2 is 1.73 bits per heavy atom. The van der Waals surface area contributed by atoms with Crippen molar-refractivity contribution < 1.29 is 13.9 Å². The summed E-state index contributed by atoms with van der Waals surface area (Å²) in [5, 5.41) is 3.53. The van der Waals surface area contributed by atoms with E-state index in [0.29, 0.717) is 16.3 Å². The summed E-state index contributed by atoms with van der Waals surface area (Å²) in [6.07, 6.45) is 0. The molecule has 4 aromatic rings. The van der Waals surface area contributed by atoms with Gasteiger partial charge in [0.15, 0.2) is 18.0 Å². The van der Waals surface area contributed by atoms with Gasteiger partial charge in [0.2, 0.25) is 11.2 Å². The molecule has 5 nitrogen and oxygen atoms in total. The number of carbonyl (C=O) groups excluding carboxylic acids is 1. The van der Waals surface area contributed by atoms with Crippen LogP contribution in [0, 0.1) is 0 Å². The van der Waals surface area contributed by atoms with Gasteiger partial charge < -0.3 is 14.5 Å². The largest absolute Gasteiger partial charge is 0.476 e. The summed E-state index contributed by atoms with van der Waals surface area (Å²) in [4.78, 5) is 26.0. The lowest BCUT2D eigenvalue weighted by Gasteiger charge is -2.15. The van der Waals surface area contributed by atoms with Crippen LogP contribution in [0.1, 0.15) is 25.3 Å². The number of nitrogens with one attached hydrogen (secondary N) is 1.